The van der Waals surface area contributed by atoms with Gasteiger partial charge in [-0.25, -0.2) is 9.38 Å². The first-order valence-electron chi connectivity index (χ1n) is 4.38. The molecule has 0 aliphatic heterocycles. The Bertz CT molecular complexity index is 588. The van der Waals surface area contributed by atoms with Gasteiger partial charge in [-0.15, -0.1) is 0 Å². The molecule has 0 bridgehead atoms. The summed E-state index contributed by atoms with van der Waals surface area (Å²) < 4.78 is 14.4. The van der Waals surface area contributed by atoms with Crippen molar-refractivity contribution in [3.05, 3.63) is 25.5 Å². The number of hydrogen-bond donors (Lipinski definition) is 3. The molecular formula is C9H7BrFIN6. The molecule has 6 N–H and O–H groups in total. The molecule has 0 heterocycles. The van der Waals surface area contributed by atoms with E-state index in [0.717, 1.165) is 0 Å². The van der Waals surface area contributed by atoms with Gasteiger partial charge in [0.05, 0.1) is 4.47 Å². The molecule has 0 saturated heterocycles. The van der Waals surface area contributed by atoms with Crippen LogP contribution in [-0.2, 0) is 0 Å². The molecule has 0 amide bonds. The lowest BCUT2D eigenvalue weighted by Gasteiger charge is -2.05. The molecule has 9 heteroatoms. The molecule has 18 heavy (non-hydrogen) atoms. The van der Waals surface area contributed by atoms with Crippen LogP contribution in [0.1, 0.15) is 5.56 Å². The van der Waals surface area contributed by atoms with E-state index in [9.17, 15) is 4.39 Å². The second-order valence-corrected chi connectivity index (χ2v) is 5.01. The molecule has 0 fully saturated rings. The van der Waals surface area contributed by atoms with Crippen LogP contribution in [0, 0.1) is 20.7 Å². The largest absolute Gasteiger partial charge is 0.370 e. The van der Waals surface area contributed by atoms with Gasteiger partial charge in [0, 0.05) is 3.57 Å². The van der Waals surface area contributed by atoms with Gasteiger partial charge < -0.3 is 17.2 Å². The number of aliphatic imine (C=N–C) groups is 2. The summed E-state index contributed by atoms with van der Waals surface area (Å²) in [6.45, 7) is 0. The number of hydrogen-bond acceptors (Lipinski definition) is 2. The molecule has 1 rings (SSSR count). The Morgan fingerprint density at radius 2 is 2.06 bits per heavy atom. The van der Waals surface area contributed by atoms with Crippen molar-refractivity contribution in [1.29, 1.82) is 5.26 Å². The van der Waals surface area contributed by atoms with E-state index in [1.165, 1.54) is 6.07 Å². The summed E-state index contributed by atoms with van der Waals surface area (Å²) in [5, 5.41) is 8.93. The van der Waals surface area contributed by atoms with Gasteiger partial charge in [-0.1, -0.05) is 0 Å². The monoisotopic (exact) mass is 424 g/mol. The summed E-state index contributed by atoms with van der Waals surface area (Å²) in [7, 11) is 0. The van der Waals surface area contributed by atoms with Gasteiger partial charge in [0.1, 0.15) is 17.3 Å². The third-order valence-electron chi connectivity index (χ3n) is 1.73. The predicted molar refractivity (Wildman–Crippen MR) is 78.6 cm³/mol. The summed E-state index contributed by atoms with van der Waals surface area (Å²) in [5.74, 6) is -1.25. The molecule has 0 atom stereocenters. The van der Waals surface area contributed by atoms with Gasteiger partial charge >= 0.3 is 0 Å². The van der Waals surface area contributed by atoms with Gasteiger partial charge in [-0.3, -0.25) is 0 Å². The zero-order valence-corrected chi connectivity index (χ0v) is 12.5. The minimum absolute atomic E-state index is 0.0845. The van der Waals surface area contributed by atoms with Crippen LogP contribution in [0.15, 0.2) is 20.5 Å². The average molecular weight is 425 g/mol. The molecule has 0 aromatic heterocycles. The summed E-state index contributed by atoms with van der Waals surface area (Å²) in [5.41, 5.74) is 15.5. The Hall–Kier alpha value is -1.41. The van der Waals surface area contributed by atoms with Gasteiger partial charge in [0.25, 0.3) is 0 Å². The number of nitriles is 1. The van der Waals surface area contributed by atoms with E-state index in [1.807, 2.05) is 22.6 Å². The number of rotatable bonds is 1. The topological polar surface area (TPSA) is 127 Å². The Kier molecular flexibility index (Phi) is 4.85. The molecular weight excluding hydrogens is 418 g/mol. The SMILES string of the molecule is N#Cc1c(F)c(Br)cc(I)c1N=C(N)N=C(N)N. The predicted octanol–water partition coefficient (Wildman–Crippen LogP) is 1.28. The number of halogens is 3. The maximum atomic E-state index is 13.7. The second kappa shape index (κ2) is 5.96. The third-order valence-corrected chi connectivity index (χ3v) is 3.13. The average Bonchev–Trinajstić information content (AvgIpc) is 2.25. The van der Waals surface area contributed by atoms with Crippen LogP contribution in [0.5, 0.6) is 0 Å². The van der Waals surface area contributed by atoms with Crippen molar-refractivity contribution in [2.24, 2.45) is 27.2 Å². The van der Waals surface area contributed by atoms with E-state index in [1.54, 1.807) is 6.07 Å². The lowest BCUT2D eigenvalue weighted by Crippen LogP contribution is -2.26. The summed E-state index contributed by atoms with van der Waals surface area (Å²) in [4.78, 5) is 7.32. The zero-order valence-electron chi connectivity index (χ0n) is 8.78. The van der Waals surface area contributed by atoms with Crippen molar-refractivity contribution < 1.29 is 4.39 Å². The molecule has 0 radical (unpaired) electrons. The number of nitrogens with zero attached hydrogens (tertiary/aromatic N) is 3. The van der Waals surface area contributed by atoms with E-state index >= 15 is 0 Å². The highest BCUT2D eigenvalue weighted by molar-refractivity contribution is 14.1. The van der Waals surface area contributed by atoms with Crippen molar-refractivity contribution in [2.75, 3.05) is 0 Å². The van der Waals surface area contributed by atoms with Gasteiger partial charge in [-0.05, 0) is 44.6 Å². The lowest BCUT2D eigenvalue weighted by molar-refractivity contribution is 0.617. The van der Waals surface area contributed by atoms with Crippen molar-refractivity contribution in [3.63, 3.8) is 0 Å². The molecule has 0 saturated carbocycles. The lowest BCUT2D eigenvalue weighted by atomic mass is 10.2. The van der Waals surface area contributed by atoms with Crippen molar-refractivity contribution in [3.8, 4) is 6.07 Å². The number of nitrogens with two attached hydrogens (primary N) is 3. The second-order valence-electron chi connectivity index (χ2n) is 3.00. The number of guanidine groups is 2. The summed E-state index contributed by atoms with van der Waals surface area (Å²) >= 11 is 4.90. The van der Waals surface area contributed by atoms with Crippen LogP contribution in [0.4, 0.5) is 10.1 Å². The fourth-order valence-corrected chi connectivity index (χ4v) is 2.63. The third kappa shape index (κ3) is 3.30. The van der Waals surface area contributed by atoms with Crippen molar-refractivity contribution in [2.45, 2.75) is 0 Å². The first kappa shape index (κ1) is 14.7. The molecule has 94 valence electrons. The van der Waals surface area contributed by atoms with Crippen LogP contribution in [0.2, 0.25) is 0 Å². The van der Waals surface area contributed by atoms with E-state index in [4.69, 9.17) is 22.5 Å². The molecule has 1 aromatic rings. The maximum Gasteiger partial charge on any atom is 0.223 e. The number of benzene rings is 1. The fraction of sp³-hybridized carbons (Fsp3) is 0. The van der Waals surface area contributed by atoms with E-state index in [0.29, 0.717) is 3.57 Å². The minimum atomic E-state index is -0.714. The van der Waals surface area contributed by atoms with Crippen LogP contribution in [0.25, 0.3) is 0 Å². The fourth-order valence-electron chi connectivity index (χ4n) is 1.07. The first-order chi connectivity index (χ1) is 8.36. The summed E-state index contributed by atoms with van der Waals surface area (Å²) in [6, 6.07) is 3.19. The van der Waals surface area contributed by atoms with E-state index < -0.39 is 5.82 Å². The van der Waals surface area contributed by atoms with Crippen LogP contribution >= 0.6 is 38.5 Å². The quantitative estimate of drug-likeness (QED) is 0.271. The van der Waals surface area contributed by atoms with Crippen LogP contribution < -0.4 is 17.2 Å². The summed E-state index contributed by atoms with van der Waals surface area (Å²) in [6.07, 6.45) is 0. The van der Waals surface area contributed by atoms with Gasteiger partial charge in [0.15, 0.2) is 11.8 Å². The van der Waals surface area contributed by atoms with Crippen LogP contribution in [-0.4, -0.2) is 11.9 Å². The Labute approximate surface area is 124 Å². The normalized spacial score (nSPS) is 10.9. The highest BCUT2D eigenvalue weighted by atomic mass is 127. The zero-order chi connectivity index (χ0) is 13.9. The van der Waals surface area contributed by atoms with Gasteiger partial charge in [-0.2, -0.15) is 10.3 Å². The highest BCUT2D eigenvalue weighted by Crippen LogP contribution is 2.32. The molecule has 0 unspecified atom stereocenters. The molecule has 1 aromatic carbocycles. The molecule has 6 nitrogen and oxygen atoms in total. The molecule has 0 spiro atoms. The maximum absolute atomic E-state index is 13.7. The Morgan fingerprint density at radius 3 is 2.56 bits per heavy atom. The minimum Gasteiger partial charge on any atom is -0.370 e. The van der Waals surface area contributed by atoms with Gasteiger partial charge in [0.2, 0.25) is 5.96 Å². The first-order valence-corrected chi connectivity index (χ1v) is 6.25. The van der Waals surface area contributed by atoms with E-state index in [-0.39, 0.29) is 27.6 Å². The Morgan fingerprint density at radius 1 is 1.44 bits per heavy atom. The standard InChI is InChI=1S/C9H7BrFIN6/c10-4-1-5(12)7(3(2-13)6(4)11)17-9(16)18-8(14)15/h1H,(H6,14,15,16,17,18). The Balaban J connectivity index is 3.48. The van der Waals surface area contributed by atoms with Crippen molar-refractivity contribution >= 4 is 56.1 Å². The molecule has 0 aliphatic carbocycles. The molecule has 0 aliphatic rings. The van der Waals surface area contributed by atoms with E-state index in [2.05, 4.69) is 25.9 Å². The highest BCUT2D eigenvalue weighted by Gasteiger charge is 2.16. The van der Waals surface area contributed by atoms with Crippen molar-refractivity contribution in [1.82, 2.24) is 0 Å². The van der Waals surface area contributed by atoms with Crippen LogP contribution in [0.3, 0.4) is 0 Å². The smallest absolute Gasteiger partial charge is 0.223 e.